The van der Waals surface area contributed by atoms with Crippen LogP contribution in [0.15, 0.2) is 18.2 Å². The smallest absolute Gasteiger partial charge is 0.0599 e. The van der Waals surface area contributed by atoms with Gasteiger partial charge in [0.25, 0.3) is 0 Å². The molecule has 1 aromatic rings. The summed E-state index contributed by atoms with van der Waals surface area (Å²) in [5, 5.41) is 1.17. The van der Waals surface area contributed by atoms with Crippen LogP contribution >= 0.6 is 23.2 Å². The maximum Gasteiger partial charge on any atom is 0.0599 e. The van der Waals surface area contributed by atoms with Gasteiger partial charge in [0.15, 0.2) is 0 Å². The minimum atomic E-state index is 0.201. The minimum Gasteiger partial charge on any atom is -0.378 e. The predicted molar refractivity (Wildman–Crippen MR) is 84.5 cm³/mol. The predicted octanol–water partition coefficient (Wildman–Crippen LogP) is 3.49. The number of hydrogen-bond acceptors (Lipinski definition) is 3. The summed E-state index contributed by atoms with van der Waals surface area (Å²) < 4.78 is 5.69. The van der Waals surface area contributed by atoms with Crippen molar-refractivity contribution in [1.29, 1.82) is 0 Å². The molecule has 0 aromatic heterocycles. The molecule has 0 radical (unpaired) electrons. The zero-order valence-corrected chi connectivity index (χ0v) is 13.3. The van der Waals surface area contributed by atoms with Crippen LogP contribution in [0.5, 0.6) is 0 Å². The first-order valence-corrected chi connectivity index (χ1v) is 7.92. The van der Waals surface area contributed by atoms with Crippen LogP contribution in [0.1, 0.15) is 31.4 Å². The number of nitrogens with zero attached hydrogens (tertiary/aromatic N) is 1. The van der Waals surface area contributed by atoms with Gasteiger partial charge in [-0.25, -0.2) is 0 Å². The van der Waals surface area contributed by atoms with Crippen LogP contribution in [0.3, 0.4) is 0 Å². The largest absolute Gasteiger partial charge is 0.378 e. The van der Waals surface area contributed by atoms with E-state index < -0.39 is 0 Å². The van der Waals surface area contributed by atoms with Gasteiger partial charge in [0.2, 0.25) is 0 Å². The second-order valence-corrected chi connectivity index (χ2v) is 5.93. The second kappa shape index (κ2) is 7.62. The Morgan fingerprint density at radius 1 is 1.30 bits per heavy atom. The molecule has 1 aliphatic heterocycles. The maximum absolute atomic E-state index is 6.11. The molecule has 2 N–H and O–H groups in total. The lowest BCUT2D eigenvalue weighted by Crippen LogP contribution is -2.41. The number of likely N-dealkylation sites (tertiary alicyclic amines) is 1. The van der Waals surface area contributed by atoms with Crippen LogP contribution in [-0.2, 0) is 4.74 Å². The van der Waals surface area contributed by atoms with E-state index in [4.69, 9.17) is 33.7 Å². The SMILES string of the molecule is CCOC1CCN(C(CN)c2ccc(Cl)c(Cl)c2)CC1. The standard InChI is InChI=1S/C15H22Cl2N2O/c1-2-20-12-5-7-19(8-6-12)15(10-18)11-3-4-13(16)14(17)9-11/h3-4,9,12,15H,2,5-8,10,18H2,1H3. The molecule has 0 aliphatic carbocycles. The van der Waals surface area contributed by atoms with Crippen molar-refractivity contribution in [1.82, 2.24) is 4.90 Å². The van der Waals surface area contributed by atoms with Gasteiger partial charge in [-0.2, -0.15) is 0 Å². The molecule has 1 unspecified atom stereocenters. The van der Waals surface area contributed by atoms with Crippen molar-refractivity contribution in [2.75, 3.05) is 26.2 Å². The molecule has 1 fully saturated rings. The van der Waals surface area contributed by atoms with Crippen molar-refractivity contribution in [2.45, 2.75) is 31.9 Å². The van der Waals surface area contributed by atoms with E-state index in [0.29, 0.717) is 22.7 Å². The van der Waals surface area contributed by atoms with Gasteiger partial charge in [-0.3, -0.25) is 4.90 Å². The first kappa shape index (κ1) is 16.1. The Kier molecular flexibility index (Phi) is 6.12. The molecule has 0 bridgehead atoms. The fraction of sp³-hybridized carbons (Fsp3) is 0.600. The lowest BCUT2D eigenvalue weighted by molar-refractivity contribution is 0.00452. The summed E-state index contributed by atoms with van der Waals surface area (Å²) in [6.07, 6.45) is 2.51. The first-order chi connectivity index (χ1) is 9.65. The second-order valence-electron chi connectivity index (χ2n) is 5.12. The molecule has 1 aliphatic rings. The molecule has 1 aromatic carbocycles. The van der Waals surface area contributed by atoms with E-state index in [2.05, 4.69) is 4.90 Å². The normalized spacial score (nSPS) is 19.2. The third-order valence-electron chi connectivity index (χ3n) is 3.87. The van der Waals surface area contributed by atoms with Crippen LogP contribution in [-0.4, -0.2) is 37.2 Å². The molecule has 20 heavy (non-hydrogen) atoms. The first-order valence-electron chi connectivity index (χ1n) is 7.16. The van der Waals surface area contributed by atoms with Crippen molar-refractivity contribution in [3.63, 3.8) is 0 Å². The Labute approximate surface area is 131 Å². The van der Waals surface area contributed by atoms with Crippen LogP contribution in [0, 0.1) is 0 Å². The Bertz CT molecular complexity index is 434. The molecular formula is C15H22Cl2N2O. The quantitative estimate of drug-likeness (QED) is 0.903. The Morgan fingerprint density at radius 3 is 2.55 bits per heavy atom. The van der Waals surface area contributed by atoms with E-state index in [0.717, 1.165) is 38.1 Å². The highest BCUT2D eigenvalue weighted by Gasteiger charge is 2.25. The molecule has 1 heterocycles. The number of rotatable bonds is 5. The van der Waals surface area contributed by atoms with E-state index in [9.17, 15) is 0 Å². The molecular weight excluding hydrogens is 295 g/mol. The van der Waals surface area contributed by atoms with Gasteiger partial charge in [-0.05, 0) is 37.5 Å². The van der Waals surface area contributed by atoms with Gasteiger partial charge >= 0.3 is 0 Å². The van der Waals surface area contributed by atoms with Gasteiger partial charge < -0.3 is 10.5 Å². The minimum absolute atomic E-state index is 0.201. The molecule has 112 valence electrons. The van der Waals surface area contributed by atoms with E-state index in [1.165, 1.54) is 0 Å². The average Bonchev–Trinajstić information content (AvgIpc) is 2.46. The number of hydrogen-bond donors (Lipinski definition) is 1. The monoisotopic (exact) mass is 316 g/mol. The van der Waals surface area contributed by atoms with Crippen molar-refractivity contribution in [3.05, 3.63) is 33.8 Å². The molecule has 1 saturated heterocycles. The highest BCUT2D eigenvalue weighted by Crippen LogP contribution is 2.29. The number of nitrogens with two attached hydrogens (primary N) is 1. The molecule has 3 nitrogen and oxygen atoms in total. The van der Waals surface area contributed by atoms with E-state index in [1.54, 1.807) is 0 Å². The lowest BCUT2D eigenvalue weighted by atomic mass is 10.0. The summed E-state index contributed by atoms with van der Waals surface area (Å²) >= 11 is 12.1. The summed E-state index contributed by atoms with van der Waals surface area (Å²) in [4.78, 5) is 2.41. The van der Waals surface area contributed by atoms with Gasteiger partial charge in [0, 0.05) is 32.3 Å². The van der Waals surface area contributed by atoms with Crippen molar-refractivity contribution >= 4 is 23.2 Å². The third kappa shape index (κ3) is 3.86. The molecule has 2 rings (SSSR count). The molecule has 1 atom stereocenters. The summed E-state index contributed by atoms with van der Waals surface area (Å²) in [6, 6.07) is 5.98. The van der Waals surface area contributed by atoms with Gasteiger partial charge in [0.1, 0.15) is 0 Å². The highest BCUT2D eigenvalue weighted by atomic mass is 35.5. The van der Waals surface area contributed by atoms with Crippen LogP contribution in [0.25, 0.3) is 0 Å². The summed E-state index contributed by atoms with van der Waals surface area (Å²) in [5.41, 5.74) is 7.10. The average molecular weight is 317 g/mol. The fourth-order valence-corrected chi connectivity index (χ4v) is 3.11. The Hall–Kier alpha value is -0.320. The lowest BCUT2D eigenvalue weighted by Gasteiger charge is -2.37. The van der Waals surface area contributed by atoms with Gasteiger partial charge in [0.05, 0.1) is 16.1 Å². The number of piperidine rings is 1. The molecule has 5 heteroatoms. The number of halogens is 2. The van der Waals surface area contributed by atoms with Crippen molar-refractivity contribution in [3.8, 4) is 0 Å². The van der Waals surface area contributed by atoms with E-state index in [-0.39, 0.29) is 6.04 Å². The summed E-state index contributed by atoms with van der Waals surface area (Å²) in [5.74, 6) is 0. The van der Waals surface area contributed by atoms with E-state index in [1.807, 2.05) is 25.1 Å². The zero-order valence-electron chi connectivity index (χ0n) is 11.8. The van der Waals surface area contributed by atoms with Crippen LogP contribution in [0.4, 0.5) is 0 Å². The zero-order chi connectivity index (χ0) is 14.5. The summed E-state index contributed by atoms with van der Waals surface area (Å²) in [6.45, 7) is 5.43. The molecule has 0 spiro atoms. The molecule has 0 amide bonds. The Balaban J connectivity index is 2.03. The number of benzene rings is 1. The third-order valence-corrected chi connectivity index (χ3v) is 4.61. The Morgan fingerprint density at radius 2 is 2.00 bits per heavy atom. The topological polar surface area (TPSA) is 38.5 Å². The fourth-order valence-electron chi connectivity index (χ4n) is 2.81. The maximum atomic E-state index is 6.11. The van der Waals surface area contributed by atoms with E-state index >= 15 is 0 Å². The van der Waals surface area contributed by atoms with Crippen LogP contribution in [0.2, 0.25) is 10.0 Å². The van der Waals surface area contributed by atoms with Gasteiger partial charge in [-0.1, -0.05) is 29.3 Å². The number of ether oxygens (including phenoxy) is 1. The summed E-state index contributed by atoms with van der Waals surface area (Å²) in [7, 11) is 0. The molecule has 0 saturated carbocycles. The highest BCUT2D eigenvalue weighted by molar-refractivity contribution is 6.42. The van der Waals surface area contributed by atoms with Gasteiger partial charge in [-0.15, -0.1) is 0 Å². The van der Waals surface area contributed by atoms with Crippen molar-refractivity contribution < 1.29 is 4.74 Å². The van der Waals surface area contributed by atoms with Crippen molar-refractivity contribution in [2.24, 2.45) is 5.73 Å². The van der Waals surface area contributed by atoms with Crippen LogP contribution < -0.4 is 5.73 Å².